The number of anilines is 3. The van der Waals surface area contributed by atoms with Gasteiger partial charge >= 0.3 is 0 Å². The number of hydrogen-bond acceptors (Lipinski definition) is 5. The molecular weight excluding hydrogens is 412 g/mol. The van der Waals surface area contributed by atoms with E-state index in [1.807, 2.05) is 6.07 Å². The van der Waals surface area contributed by atoms with Crippen LogP contribution >= 0.6 is 0 Å². The summed E-state index contributed by atoms with van der Waals surface area (Å²) < 4.78 is 28.5. The van der Waals surface area contributed by atoms with Crippen molar-refractivity contribution in [3.05, 3.63) is 78.6 Å². The zero-order chi connectivity index (χ0) is 21.7. The predicted molar refractivity (Wildman–Crippen MR) is 121 cm³/mol. The third-order valence-corrected chi connectivity index (χ3v) is 6.54. The number of carbonyl (C=O) groups excluding carboxylic acids is 1. The Morgan fingerprint density at radius 2 is 1.58 bits per heavy atom. The molecule has 7 nitrogen and oxygen atoms in total. The number of carbonyl (C=O) groups is 1. The molecule has 2 aromatic carbocycles. The summed E-state index contributed by atoms with van der Waals surface area (Å²) in [5, 5.41) is 3.22. The molecule has 160 valence electrons. The van der Waals surface area contributed by atoms with Gasteiger partial charge in [-0.05, 0) is 61.7 Å². The maximum absolute atomic E-state index is 13.3. The van der Waals surface area contributed by atoms with E-state index in [0.29, 0.717) is 30.0 Å². The van der Waals surface area contributed by atoms with Crippen LogP contribution in [0, 0.1) is 0 Å². The van der Waals surface area contributed by atoms with Crippen LogP contribution in [-0.4, -0.2) is 37.3 Å². The van der Waals surface area contributed by atoms with Gasteiger partial charge in [-0.2, -0.15) is 0 Å². The van der Waals surface area contributed by atoms with E-state index in [9.17, 15) is 13.2 Å². The van der Waals surface area contributed by atoms with Gasteiger partial charge in [0.15, 0.2) is 0 Å². The molecule has 1 aliphatic heterocycles. The summed E-state index contributed by atoms with van der Waals surface area (Å²) in [6.45, 7) is 1.35. The lowest BCUT2D eigenvalue weighted by molar-refractivity contribution is 0.0725. The number of pyridine rings is 1. The summed E-state index contributed by atoms with van der Waals surface area (Å²) >= 11 is 0. The molecule has 0 radical (unpaired) electrons. The average molecular weight is 437 g/mol. The van der Waals surface area contributed by atoms with E-state index in [1.165, 1.54) is 12.1 Å². The van der Waals surface area contributed by atoms with Crippen LogP contribution in [0.2, 0.25) is 0 Å². The summed E-state index contributed by atoms with van der Waals surface area (Å²) in [6, 6.07) is 16.8. The first-order valence-electron chi connectivity index (χ1n) is 10.2. The van der Waals surface area contributed by atoms with E-state index in [2.05, 4.69) is 15.0 Å². The largest absolute Gasteiger partial charge is 0.355 e. The minimum Gasteiger partial charge on any atom is -0.355 e. The van der Waals surface area contributed by atoms with Gasteiger partial charge in [0.1, 0.15) is 0 Å². The summed E-state index contributed by atoms with van der Waals surface area (Å²) in [5.74, 6) is -0.173. The zero-order valence-corrected chi connectivity index (χ0v) is 17.8. The van der Waals surface area contributed by atoms with Crippen molar-refractivity contribution >= 4 is 33.0 Å². The molecule has 1 aromatic heterocycles. The van der Waals surface area contributed by atoms with Gasteiger partial charge in [0.05, 0.1) is 16.1 Å². The van der Waals surface area contributed by atoms with E-state index in [4.69, 9.17) is 0 Å². The molecule has 1 fully saturated rings. The summed E-state index contributed by atoms with van der Waals surface area (Å²) in [4.78, 5) is 19.1. The summed E-state index contributed by atoms with van der Waals surface area (Å²) in [6.07, 6.45) is 6.30. The number of benzene rings is 2. The highest BCUT2D eigenvalue weighted by atomic mass is 32.2. The van der Waals surface area contributed by atoms with E-state index in [-0.39, 0.29) is 10.8 Å². The molecule has 2 N–H and O–H groups in total. The molecule has 0 aliphatic carbocycles. The van der Waals surface area contributed by atoms with Crippen molar-refractivity contribution < 1.29 is 13.2 Å². The Morgan fingerprint density at radius 1 is 0.871 bits per heavy atom. The normalized spacial score (nSPS) is 14.1. The van der Waals surface area contributed by atoms with Crippen molar-refractivity contribution in [1.29, 1.82) is 0 Å². The quantitative estimate of drug-likeness (QED) is 0.603. The fourth-order valence-corrected chi connectivity index (χ4v) is 4.64. The molecule has 31 heavy (non-hydrogen) atoms. The van der Waals surface area contributed by atoms with Crippen LogP contribution in [0.5, 0.6) is 0 Å². The first kappa shape index (κ1) is 20.9. The number of nitrogens with one attached hydrogen (secondary N) is 2. The van der Waals surface area contributed by atoms with Crippen LogP contribution in [0.1, 0.15) is 29.6 Å². The number of piperidine rings is 1. The van der Waals surface area contributed by atoms with Gasteiger partial charge in [0, 0.05) is 36.9 Å². The molecule has 0 atom stereocenters. The summed E-state index contributed by atoms with van der Waals surface area (Å²) in [5.41, 5.74) is 2.11. The number of nitrogens with zero attached hydrogens (tertiary/aromatic N) is 2. The van der Waals surface area contributed by atoms with Gasteiger partial charge < -0.3 is 10.2 Å². The number of para-hydroxylation sites is 1. The molecule has 1 saturated heterocycles. The molecule has 1 aliphatic rings. The lowest BCUT2D eigenvalue weighted by Crippen LogP contribution is -2.36. The number of hydrogen-bond donors (Lipinski definition) is 2. The standard InChI is InChI=1S/C23H24N4O3S/c28-23(27-15-5-2-6-16-27)21-17-20(31(29,30)26-19-7-3-1-4-8-19)9-10-22(21)25-18-11-13-24-14-12-18/h1,3-4,7-14,17,26H,2,5-6,15-16H2,(H,24,25). The second-order valence-electron chi connectivity index (χ2n) is 7.39. The van der Waals surface area contributed by atoms with Crippen LogP contribution in [0.3, 0.4) is 0 Å². The second-order valence-corrected chi connectivity index (χ2v) is 9.08. The Morgan fingerprint density at radius 3 is 2.29 bits per heavy atom. The third kappa shape index (κ3) is 5.03. The molecule has 8 heteroatoms. The molecule has 2 heterocycles. The van der Waals surface area contributed by atoms with Crippen LogP contribution in [-0.2, 0) is 10.0 Å². The minimum atomic E-state index is -3.85. The molecule has 4 rings (SSSR count). The number of aromatic nitrogens is 1. The van der Waals surface area contributed by atoms with Crippen LogP contribution in [0.25, 0.3) is 0 Å². The number of amides is 1. The lowest BCUT2D eigenvalue weighted by atomic mass is 10.1. The highest BCUT2D eigenvalue weighted by Crippen LogP contribution is 2.27. The van der Waals surface area contributed by atoms with Crippen molar-refractivity contribution in [3.8, 4) is 0 Å². The Bertz CT molecular complexity index is 1150. The third-order valence-electron chi connectivity index (χ3n) is 5.16. The fourth-order valence-electron chi connectivity index (χ4n) is 3.55. The minimum absolute atomic E-state index is 0.0389. The van der Waals surface area contributed by atoms with Crippen molar-refractivity contribution in [1.82, 2.24) is 9.88 Å². The second kappa shape index (κ2) is 9.18. The van der Waals surface area contributed by atoms with Gasteiger partial charge in [-0.15, -0.1) is 0 Å². The Kier molecular flexibility index (Phi) is 6.18. The molecule has 1 amide bonds. The lowest BCUT2D eigenvalue weighted by Gasteiger charge is -2.28. The van der Waals surface area contributed by atoms with Crippen LogP contribution in [0.15, 0.2) is 78.0 Å². The summed E-state index contributed by atoms with van der Waals surface area (Å²) in [7, 11) is -3.85. The Labute approximate surface area is 182 Å². The highest BCUT2D eigenvalue weighted by molar-refractivity contribution is 7.92. The van der Waals surface area contributed by atoms with E-state index >= 15 is 0 Å². The van der Waals surface area contributed by atoms with Gasteiger partial charge in [-0.3, -0.25) is 14.5 Å². The van der Waals surface area contributed by atoms with Gasteiger partial charge in [-0.25, -0.2) is 8.42 Å². The number of sulfonamides is 1. The Balaban J connectivity index is 1.70. The fraction of sp³-hybridized carbons (Fsp3) is 0.217. The van der Waals surface area contributed by atoms with Gasteiger partial charge in [-0.1, -0.05) is 18.2 Å². The highest BCUT2D eigenvalue weighted by Gasteiger charge is 2.24. The first-order chi connectivity index (χ1) is 15.0. The smallest absolute Gasteiger partial charge is 0.261 e. The van der Waals surface area contributed by atoms with Crippen molar-refractivity contribution in [2.75, 3.05) is 23.1 Å². The molecular formula is C23H24N4O3S. The SMILES string of the molecule is O=C(c1cc(S(=O)(=O)Nc2ccccc2)ccc1Nc1ccncc1)N1CCCCC1. The van der Waals surface area contributed by atoms with Gasteiger partial charge in [0.2, 0.25) is 0 Å². The Hall–Kier alpha value is -3.39. The van der Waals surface area contributed by atoms with E-state index in [1.54, 1.807) is 59.8 Å². The van der Waals surface area contributed by atoms with Crippen LogP contribution < -0.4 is 10.0 Å². The molecule has 0 saturated carbocycles. The van der Waals surface area contributed by atoms with Crippen molar-refractivity contribution in [2.24, 2.45) is 0 Å². The zero-order valence-electron chi connectivity index (χ0n) is 17.0. The van der Waals surface area contributed by atoms with Crippen molar-refractivity contribution in [2.45, 2.75) is 24.2 Å². The van der Waals surface area contributed by atoms with E-state index < -0.39 is 10.0 Å². The maximum atomic E-state index is 13.3. The van der Waals surface area contributed by atoms with E-state index in [0.717, 1.165) is 24.9 Å². The molecule has 0 spiro atoms. The first-order valence-corrected chi connectivity index (χ1v) is 11.7. The monoisotopic (exact) mass is 436 g/mol. The molecule has 0 unspecified atom stereocenters. The maximum Gasteiger partial charge on any atom is 0.261 e. The topological polar surface area (TPSA) is 91.4 Å². The van der Waals surface area contributed by atoms with Gasteiger partial charge in [0.25, 0.3) is 15.9 Å². The molecule has 0 bridgehead atoms. The van der Waals surface area contributed by atoms with Crippen LogP contribution in [0.4, 0.5) is 17.1 Å². The predicted octanol–water partition coefficient (Wildman–Crippen LogP) is 4.25. The molecule has 3 aromatic rings. The number of likely N-dealkylation sites (tertiary alicyclic amines) is 1. The number of rotatable bonds is 6. The van der Waals surface area contributed by atoms with Crippen molar-refractivity contribution in [3.63, 3.8) is 0 Å². The average Bonchev–Trinajstić information content (AvgIpc) is 2.80.